The van der Waals surface area contributed by atoms with Gasteiger partial charge in [-0.25, -0.2) is 4.79 Å². The summed E-state index contributed by atoms with van der Waals surface area (Å²) in [6, 6.07) is 8.70. The van der Waals surface area contributed by atoms with Crippen LogP contribution >= 0.6 is 11.6 Å². The van der Waals surface area contributed by atoms with E-state index in [9.17, 15) is 9.59 Å². The fraction of sp³-hybridized carbons (Fsp3) is 0.316. The first-order valence-corrected chi connectivity index (χ1v) is 8.39. The number of halogens is 1. The van der Waals surface area contributed by atoms with Crippen LogP contribution in [0.1, 0.15) is 33.9 Å². The average Bonchev–Trinajstić information content (AvgIpc) is 2.94. The lowest BCUT2D eigenvalue weighted by Crippen LogP contribution is -2.35. The summed E-state index contributed by atoms with van der Waals surface area (Å²) in [5, 5.41) is 9.42. The summed E-state index contributed by atoms with van der Waals surface area (Å²) < 4.78 is 10.4. The van der Waals surface area contributed by atoms with Gasteiger partial charge in [0.15, 0.2) is 6.61 Å². The van der Waals surface area contributed by atoms with Crippen molar-refractivity contribution in [2.45, 2.75) is 27.2 Å². The third kappa shape index (κ3) is 4.64. The Balaban J connectivity index is 2.11. The van der Waals surface area contributed by atoms with Gasteiger partial charge in [0, 0.05) is 17.3 Å². The number of amides is 1. The van der Waals surface area contributed by atoms with Gasteiger partial charge in [0.25, 0.3) is 5.91 Å². The van der Waals surface area contributed by atoms with E-state index in [2.05, 4.69) is 0 Å². The molecule has 0 atom stereocenters. The van der Waals surface area contributed by atoms with Gasteiger partial charge in [-0.1, -0.05) is 11.6 Å². The average molecular weight is 375 g/mol. The van der Waals surface area contributed by atoms with Crippen LogP contribution in [0.25, 0.3) is 0 Å². The molecular weight excluding hydrogens is 356 g/mol. The van der Waals surface area contributed by atoms with Crippen molar-refractivity contribution in [3.8, 4) is 6.07 Å². The first-order chi connectivity index (χ1) is 12.3. The van der Waals surface area contributed by atoms with E-state index in [1.807, 2.05) is 13.0 Å². The van der Waals surface area contributed by atoms with Gasteiger partial charge >= 0.3 is 5.97 Å². The number of ether oxygens (including phenoxy) is 1. The van der Waals surface area contributed by atoms with Crippen LogP contribution in [-0.4, -0.2) is 25.0 Å². The Morgan fingerprint density at radius 1 is 1.27 bits per heavy atom. The molecule has 0 saturated heterocycles. The van der Waals surface area contributed by atoms with Gasteiger partial charge < -0.3 is 14.1 Å². The quantitative estimate of drug-likeness (QED) is 0.714. The maximum Gasteiger partial charge on any atom is 0.342 e. The highest BCUT2D eigenvalue weighted by Gasteiger charge is 2.20. The Hall–Kier alpha value is -2.78. The van der Waals surface area contributed by atoms with Gasteiger partial charge in [-0.05, 0) is 50.6 Å². The molecule has 2 rings (SSSR count). The Morgan fingerprint density at radius 2 is 2.00 bits per heavy atom. The second kappa shape index (κ2) is 8.54. The Labute approximate surface area is 156 Å². The summed E-state index contributed by atoms with van der Waals surface area (Å²) in [6.45, 7) is 4.96. The molecule has 0 bridgehead atoms. The van der Waals surface area contributed by atoms with E-state index in [0.29, 0.717) is 27.8 Å². The maximum atomic E-state index is 12.6. The zero-order valence-electron chi connectivity index (χ0n) is 14.8. The highest BCUT2D eigenvalue weighted by molar-refractivity contribution is 6.31. The maximum absolute atomic E-state index is 12.6. The highest BCUT2D eigenvalue weighted by Crippen LogP contribution is 2.23. The lowest BCUT2D eigenvalue weighted by Gasteiger charge is -2.22. The molecule has 6 nitrogen and oxygen atoms in total. The predicted molar refractivity (Wildman–Crippen MR) is 97.2 cm³/mol. The zero-order chi connectivity index (χ0) is 19.3. The second-order valence-electron chi connectivity index (χ2n) is 5.79. The molecule has 1 aromatic carbocycles. The van der Waals surface area contributed by atoms with Gasteiger partial charge in [0.2, 0.25) is 0 Å². The molecule has 1 heterocycles. The normalized spacial score (nSPS) is 10.3. The summed E-state index contributed by atoms with van der Waals surface area (Å²) in [7, 11) is 0. The molecular formula is C19H19ClN2O4. The van der Waals surface area contributed by atoms with Crippen molar-refractivity contribution in [3.63, 3.8) is 0 Å². The van der Waals surface area contributed by atoms with Gasteiger partial charge in [0.1, 0.15) is 17.1 Å². The molecule has 136 valence electrons. The molecule has 1 aromatic heterocycles. The molecule has 0 unspecified atom stereocenters. The van der Waals surface area contributed by atoms with Gasteiger partial charge in [0.05, 0.1) is 12.5 Å². The van der Waals surface area contributed by atoms with E-state index < -0.39 is 18.5 Å². The number of nitriles is 1. The third-order valence-electron chi connectivity index (χ3n) is 3.79. The molecule has 0 spiro atoms. The molecule has 7 heteroatoms. The molecule has 26 heavy (non-hydrogen) atoms. The lowest BCUT2D eigenvalue weighted by molar-refractivity contribution is -0.121. The summed E-state index contributed by atoms with van der Waals surface area (Å²) >= 11 is 6.02. The highest BCUT2D eigenvalue weighted by atomic mass is 35.5. The number of carbonyl (C=O) groups is 2. The lowest BCUT2D eigenvalue weighted by atomic mass is 10.2. The van der Waals surface area contributed by atoms with Crippen LogP contribution in [0.15, 0.2) is 28.7 Å². The number of nitrogens with zero attached hydrogens (tertiary/aromatic N) is 2. The number of rotatable bonds is 6. The van der Waals surface area contributed by atoms with Crippen LogP contribution in [0.4, 0.5) is 5.69 Å². The largest absolute Gasteiger partial charge is 0.466 e. The minimum atomic E-state index is -0.625. The van der Waals surface area contributed by atoms with E-state index in [4.69, 9.17) is 26.0 Å². The minimum absolute atomic E-state index is 0.154. The Kier molecular flexibility index (Phi) is 6.42. The van der Waals surface area contributed by atoms with Crippen molar-refractivity contribution in [2.24, 2.45) is 0 Å². The van der Waals surface area contributed by atoms with E-state index in [1.165, 1.54) is 4.90 Å². The fourth-order valence-electron chi connectivity index (χ4n) is 2.47. The Bertz CT molecular complexity index is 867. The third-order valence-corrected chi connectivity index (χ3v) is 4.21. The predicted octanol–water partition coefficient (Wildman–Crippen LogP) is 3.96. The number of benzene rings is 1. The van der Waals surface area contributed by atoms with Crippen LogP contribution in [0.2, 0.25) is 5.02 Å². The molecule has 0 radical (unpaired) electrons. The fourth-order valence-corrected chi connectivity index (χ4v) is 2.59. The molecule has 0 aliphatic heterocycles. The summed E-state index contributed by atoms with van der Waals surface area (Å²) in [4.78, 5) is 26.1. The molecule has 0 N–H and O–H groups in total. The van der Waals surface area contributed by atoms with Gasteiger partial charge in [-0.15, -0.1) is 0 Å². The zero-order valence-corrected chi connectivity index (χ0v) is 15.6. The van der Waals surface area contributed by atoms with Crippen LogP contribution in [-0.2, 0) is 9.53 Å². The molecule has 1 amide bonds. The van der Waals surface area contributed by atoms with Gasteiger partial charge in [-0.2, -0.15) is 5.26 Å². The number of hydrogen-bond donors (Lipinski definition) is 0. The number of aryl methyl sites for hydroxylation is 3. The van der Waals surface area contributed by atoms with Crippen molar-refractivity contribution in [1.82, 2.24) is 0 Å². The summed E-state index contributed by atoms with van der Waals surface area (Å²) in [5.41, 5.74) is 1.69. The number of hydrogen-bond acceptors (Lipinski definition) is 5. The second-order valence-corrected chi connectivity index (χ2v) is 6.20. The summed E-state index contributed by atoms with van der Waals surface area (Å²) in [6.07, 6.45) is 0.154. The summed E-state index contributed by atoms with van der Waals surface area (Å²) in [5.74, 6) is -0.0175. The van der Waals surface area contributed by atoms with Crippen molar-refractivity contribution in [3.05, 3.63) is 51.9 Å². The van der Waals surface area contributed by atoms with E-state index >= 15 is 0 Å². The van der Waals surface area contributed by atoms with Crippen LogP contribution in [0.5, 0.6) is 0 Å². The molecule has 0 fully saturated rings. The topological polar surface area (TPSA) is 83.5 Å². The molecule has 0 saturated carbocycles. The van der Waals surface area contributed by atoms with E-state index in [1.54, 1.807) is 38.1 Å². The molecule has 2 aromatic rings. The monoisotopic (exact) mass is 374 g/mol. The molecule has 0 aliphatic rings. The standard InChI is InChI=1S/C19H19ClN2O4/c1-12-9-15(5-6-17(12)20)22(8-4-7-21)18(23)11-25-19(24)16-10-13(2)26-14(16)3/h5-6,9-10H,4,8,11H2,1-3H3. The van der Waals surface area contributed by atoms with Crippen molar-refractivity contribution in [1.29, 1.82) is 5.26 Å². The smallest absolute Gasteiger partial charge is 0.342 e. The number of furan rings is 1. The van der Waals surface area contributed by atoms with Gasteiger partial charge in [-0.3, -0.25) is 4.79 Å². The van der Waals surface area contributed by atoms with Crippen LogP contribution in [0.3, 0.4) is 0 Å². The van der Waals surface area contributed by atoms with Crippen LogP contribution < -0.4 is 4.90 Å². The number of esters is 1. The first kappa shape index (κ1) is 19.5. The minimum Gasteiger partial charge on any atom is -0.466 e. The molecule has 0 aliphatic carbocycles. The van der Waals surface area contributed by atoms with E-state index in [-0.39, 0.29) is 13.0 Å². The Morgan fingerprint density at radius 3 is 2.58 bits per heavy atom. The van der Waals surface area contributed by atoms with Crippen LogP contribution in [0, 0.1) is 32.1 Å². The van der Waals surface area contributed by atoms with Crippen molar-refractivity contribution in [2.75, 3.05) is 18.1 Å². The number of anilines is 1. The van der Waals surface area contributed by atoms with Crippen molar-refractivity contribution < 1.29 is 18.7 Å². The first-order valence-electron chi connectivity index (χ1n) is 8.01. The SMILES string of the molecule is Cc1cc(C(=O)OCC(=O)N(CCC#N)c2ccc(Cl)c(C)c2)c(C)o1. The van der Waals surface area contributed by atoms with E-state index in [0.717, 1.165) is 5.56 Å². The van der Waals surface area contributed by atoms with Crippen molar-refractivity contribution >= 4 is 29.2 Å². The number of carbonyl (C=O) groups excluding carboxylic acids is 2.